The molecular formula is C20H19F5N2O. The quantitative estimate of drug-likeness (QED) is 0.723. The molecule has 0 bridgehead atoms. The summed E-state index contributed by atoms with van der Waals surface area (Å²) in [6.45, 7) is 0.520. The van der Waals surface area contributed by atoms with Gasteiger partial charge in [-0.2, -0.15) is 13.2 Å². The van der Waals surface area contributed by atoms with Crippen molar-refractivity contribution in [3.8, 4) is 0 Å². The van der Waals surface area contributed by atoms with Crippen LogP contribution < -0.4 is 5.32 Å². The average Bonchev–Trinajstić information content (AvgIpc) is 2.64. The smallest absolute Gasteiger partial charge is 0.322 e. The monoisotopic (exact) mass is 398 g/mol. The molecule has 8 heteroatoms. The summed E-state index contributed by atoms with van der Waals surface area (Å²) in [7, 11) is 0. The molecule has 150 valence electrons. The van der Waals surface area contributed by atoms with Gasteiger partial charge < -0.3 is 5.32 Å². The van der Waals surface area contributed by atoms with Crippen molar-refractivity contribution >= 4 is 11.6 Å². The third kappa shape index (κ3) is 4.86. The summed E-state index contributed by atoms with van der Waals surface area (Å²) in [6.07, 6.45) is -1.96. The fraction of sp³-hybridized carbons (Fsp3) is 0.350. The molecule has 1 N–H and O–H groups in total. The minimum atomic E-state index is -4.40. The maximum Gasteiger partial charge on any atom is 0.416 e. The van der Waals surface area contributed by atoms with E-state index >= 15 is 0 Å². The van der Waals surface area contributed by atoms with E-state index in [1.54, 1.807) is 0 Å². The fourth-order valence-electron chi connectivity index (χ4n) is 3.42. The number of amides is 1. The van der Waals surface area contributed by atoms with Gasteiger partial charge >= 0.3 is 6.18 Å². The molecule has 1 fully saturated rings. The van der Waals surface area contributed by atoms with E-state index in [0.717, 1.165) is 43.2 Å². The molecule has 3 rings (SSSR count). The Morgan fingerprint density at radius 1 is 1.07 bits per heavy atom. The van der Waals surface area contributed by atoms with Gasteiger partial charge in [-0.15, -0.1) is 0 Å². The van der Waals surface area contributed by atoms with Crippen molar-refractivity contribution in [2.45, 2.75) is 31.5 Å². The molecule has 1 heterocycles. The Kier molecular flexibility index (Phi) is 5.98. The fourth-order valence-corrected chi connectivity index (χ4v) is 3.42. The van der Waals surface area contributed by atoms with E-state index in [1.165, 1.54) is 12.1 Å². The van der Waals surface area contributed by atoms with Crippen molar-refractivity contribution in [2.24, 2.45) is 0 Å². The molecule has 1 atom stereocenters. The van der Waals surface area contributed by atoms with Crippen LogP contribution in [-0.4, -0.2) is 23.9 Å². The van der Waals surface area contributed by atoms with Crippen molar-refractivity contribution in [1.29, 1.82) is 0 Å². The molecule has 1 unspecified atom stereocenters. The number of hydrogen-bond donors (Lipinski definition) is 1. The lowest BCUT2D eigenvalue weighted by atomic mass is 9.94. The Bertz CT molecular complexity index is 835. The van der Waals surface area contributed by atoms with Crippen molar-refractivity contribution in [2.75, 3.05) is 18.4 Å². The zero-order valence-electron chi connectivity index (χ0n) is 14.9. The maximum absolute atomic E-state index is 13.7. The molecule has 2 aromatic carbocycles. The summed E-state index contributed by atoms with van der Waals surface area (Å²) in [5, 5.41) is 2.35. The van der Waals surface area contributed by atoms with Gasteiger partial charge in [-0.3, -0.25) is 9.69 Å². The second-order valence-electron chi connectivity index (χ2n) is 6.77. The molecule has 1 saturated heterocycles. The third-order valence-electron chi connectivity index (χ3n) is 4.79. The van der Waals surface area contributed by atoms with Crippen molar-refractivity contribution in [3.63, 3.8) is 0 Å². The molecular weight excluding hydrogens is 379 g/mol. The number of piperidine rings is 1. The molecule has 0 spiro atoms. The van der Waals surface area contributed by atoms with E-state index in [0.29, 0.717) is 18.5 Å². The molecule has 0 aliphatic carbocycles. The highest BCUT2D eigenvalue weighted by Gasteiger charge is 2.31. The Morgan fingerprint density at radius 2 is 1.79 bits per heavy atom. The van der Waals surface area contributed by atoms with Gasteiger partial charge in [0.1, 0.15) is 11.6 Å². The number of benzene rings is 2. The summed E-state index contributed by atoms with van der Waals surface area (Å²) in [5.41, 5.74) is -0.275. The minimum absolute atomic E-state index is 0.0678. The number of halogens is 5. The molecule has 0 saturated carbocycles. The second-order valence-corrected chi connectivity index (χ2v) is 6.77. The van der Waals surface area contributed by atoms with Crippen molar-refractivity contribution < 1.29 is 26.7 Å². The number of carbonyl (C=O) groups is 1. The van der Waals surface area contributed by atoms with Gasteiger partial charge in [0.15, 0.2) is 0 Å². The van der Waals surface area contributed by atoms with Gasteiger partial charge in [0.2, 0.25) is 5.91 Å². The average molecular weight is 398 g/mol. The Labute approximate surface area is 159 Å². The highest BCUT2D eigenvalue weighted by Crippen LogP contribution is 2.34. The summed E-state index contributed by atoms with van der Waals surface area (Å²) < 4.78 is 65.2. The summed E-state index contributed by atoms with van der Waals surface area (Å²) in [6, 6.07) is 7.49. The number of nitrogens with zero attached hydrogens (tertiary/aromatic N) is 1. The third-order valence-corrected chi connectivity index (χ3v) is 4.79. The largest absolute Gasteiger partial charge is 0.416 e. The van der Waals surface area contributed by atoms with Gasteiger partial charge in [0.25, 0.3) is 0 Å². The van der Waals surface area contributed by atoms with Crippen molar-refractivity contribution in [3.05, 3.63) is 65.2 Å². The number of anilines is 1. The first-order valence-electron chi connectivity index (χ1n) is 8.90. The standard InChI is InChI=1S/C20H19F5N2O/c21-15-8-9-16(22)17(11-15)26-19(28)12-27-10-2-1-3-18(27)13-4-6-14(7-5-13)20(23,24)25/h4-9,11,18H,1-3,10,12H2,(H,26,28). The van der Waals surface area contributed by atoms with Crippen LogP contribution in [0, 0.1) is 11.6 Å². The molecule has 1 amide bonds. The van der Waals surface area contributed by atoms with Crippen LogP contribution in [0.2, 0.25) is 0 Å². The number of rotatable bonds is 4. The molecule has 1 aliphatic rings. The summed E-state index contributed by atoms with van der Waals surface area (Å²) in [4.78, 5) is 14.2. The number of nitrogens with one attached hydrogen (secondary N) is 1. The van der Waals surface area contributed by atoms with E-state index in [1.807, 2.05) is 4.90 Å². The number of alkyl halides is 3. The normalized spacial score (nSPS) is 18.1. The maximum atomic E-state index is 13.7. The van der Waals surface area contributed by atoms with E-state index in [2.05, 4.69) is 5.32 Å². The molecule has 0 radical (unpaired) electrons. The number of likely N-dealkylation sites (tertiary alicyclic amines) is 1. The van der Waals surface area contributed by atoms with Crippen LogP contribution in [0.3, 0.4) is 0 Å². The zero-order valence-corrected chi connectivity index (χ0v) is 14.9. The van der Waals surface area contributed by atoms with Crippen LogP contribution in [0.25, 0.3) is 0 Å². The molecule has 3 nitrogen and oxygen atoms in total. The van der Waals surface area contributed by atoms with Crippen LogP contribution in [0.1, 0.15) is 36.4 Å². The summed E-state index contributed by atoms with van der Waals surface area (Å²) in [5.74, 6) is -1.92. The van der Waals surface area contributed by atoms with Crippen LogP contribution in [0.4, 0.5) is 27.6 Å². The van der Waals surface area contributed by atoms with E-state index < -0.39 is 29.3 Å². The Morgan fingerprint density at radius 3 is 2.46 bits per heavy atom. The number of carbonyl (C=O) groups excluding carboxylic acids is 1. The van der Waals surface area contributed by atoms with Crippen molar-refractivity contribution in [1.82, 2.24) is 4.90 Å². The number of hydrogen-bond acceptors (Lipinski definition) is 2. The van der Waals surface area contributed by atoms with Crippen LogP contribution in [-0.2, 0) is 11.0 Å². The summed E-state index contributed by atoms with van der Waals surface area (Å²) >= 11 is 0. The first kappa shape index (κ1) is 20.3. The van der Waals surface area contributed by atoms with Crippen LogP contribution in [0.15, 0.2) is 42.5 Å². The first-order chi connectivity index (χ1) is 13.2. The lowest BCUT2D eigenvalue weighted by molar-refractivity contribution is -0.137. The molecule has 0 aromatic heterocycles. The topological polar surface area (TPSA) is 32.3 Å². The lowest BCUT2D eigenvalue weighted by Crippen LogP contribution is -2.39. The van der Waals surface area contributed by atoms with E-state index in [4.69, 9.17) is 0 Å². The molecule has 1 aliphatic heterocycles. The highest BCUT2D eigenvalue weighted by molar-refractivity contribution is 5.92. The minimum Gasteiger partial charge on any atom is -0.322 e. The molecule has 28 heavy (non-hydrogen) atoms. The van der Waals surface area contributed by atoms with E-state index in [9.17, 15) is 26.7 Å². The highest BCUT2D eigenvalue weighted by atomic mass is 19.4. The first-order valence-corrected chi connectivity index (χ1v) is 8.90. The van der Waals surface area contributed by atoms with E-state index in [-0.39, 0.29) is 18.3 Å². The lowest BCUT2D eigenvalue weighted by Gasteiger charge is -2.35. The molecule has 2 aromatic rings. The predicted molar refractivity (Wildman–Crippen MR) is 94.6 cm³/mol. The van der Waals surface area contributed by atoms with Gasteiger partial charge in [-0.25, -0.2) is 8.78 Å². The Balaban J connectivity index is 1.71. The van der Waals surface area contributed by atoms with Gasteiger partial charge in [-0.1, -0.05) is 18.6 Å². The zero-order chi connectivity index (χ0) is 20.3. The SMILES string of the molecule is O=C(CN1CCCCC1c1ccc(C(F)(F)F)cc1)Nc1cc(F)ccc1F. The van der Waals surface area contributed by atoms with Crippen LogP contribution in [0.5, 0.6) is 0 Å². The predicted octanol–water partition coefficient (Wildman–Crippen LogP) is 5.15. The van der Waals surface area contributed by atoms with Crippen LogP contribution >= 0.6 is 0 Å². The van der Waals surface area contributed by atoms with Gasteiger partial charge in [0, 0.05) is 12.1 Å². The van der Waals surface area contributed by atoms with Gasteiger partial charge in [-0.05, 0) is 49.2 Å². The second kappa shape index (κ2) is 8.26. The van der Waals surface area contributed by atoms with Gasteiger partial charge in [0.05, 0.1) is 17.8 Å². The Hall–Kier alpha value is -2.48.